The normalized spacial score (nSPS) is 43.8. The third-order valence-corrected chi connectivity index (χ3v) is 7.13. The molecule has 3 heterocycles. The van der Waals surface area contributed by atoms with Crippen LogP contribution in [0.25, 0.3) is 0 Å². The van der Waals surface area contributed by atoms with Gasteiger partial charge in [0.05, 0.1) is 17.3 Å². The van der Waals surface area contributed by atoms with Crippen molar-refractivity contribution in [3.8, 4) is 0 Å². The van der Waals surface area contributed by atoms with Crippen LogP contribution >= 0.6 is 11.8 Å². The van der Waals surface area contributed by atoms with Gasteiger partial charge in [0.15, 0.2) is 0 Å². The molecule has 3 aliphatic rings. The van der Waals surface area contributed by atoms with E-state index in [0.717, 1.165) is 0 Å². The van der Waals surface area contributed by atoms with Crippen molar-refractivity contribution in [3.63, 3.8) is 0 Å². The maximum Gasteiger partial charge on any atom is 0.313 e. The lowest BCUT2D eigenvalue weighted by Crippen LogP contribution is -2.50. The summed E-state index contributed by atoms with van der Waals surface area (Å²) in [7, 11) is 0. The Morgan fingerprint density at radius 2 is 2.05 bits per heavy atom. The second-order valence-electron chi connectivity index (χ2n) is 7.49. The van der Waals surface area contributed by atoms with E-state index in [0.29, 0.717) is 18.4 Å². The van der Waals surface area contributed by atoms with Crippen molar-refractivity contribution >= 4 is 23.7 Å². The number of ether oxygens (including phenoxy) is 2. The minimum Gasteiger partial charge on any atom is -0.465 e. The number of hydrogen-bond acceptors (Lipinski definition) is 5. The average Bonchev–Trinajstić information content (AvgIpc) is 2.93. The van der Waals surface area contributed by atoms with E-state index in [-0.39, 0.29) is 40.4 Å². The Labute approximate surface area is 130 Å². The minimum absolute atomic E-state index is 0.110. The third kappa shape index (κ3) is 1.96. The molecule has 6 atom stereocenters. The van der Waals surface area contributed by atoms with Gasteiger partial charge in [-0.1, -0.05) is 27.7 Å². The van der Waals surface area contributed by atoms with E-state index >= 15 is 0 Å². The van der Waals surface area contributed by atoms with E-state index < -0.39 is 5.41 Å². The molecule has 0 aromatic carbocycles. The lowest BCUT2D eigenvalue weighted by Gasteiger charge is -2.37. The molecule has 0 aromatic heterocycles. The number of carbonyl (C=O) groups excluding carboxylic acids is 2. The number of hydrogen-bond donors (Lipinski definition) is 0. The molecule has 0 radical (unpaired) electrons. The van der Waals surface area contributed by atoms with Gasteiger partial charge in [-0.05, 0) is 24.7 Å². The molecule has 0 N–H and O–H groups in total. The summed E-state index contributed by atoms with van der Waals surface area (Å²) in [6.07, 6.45) is -0.285. The van der Waals surface area contributed by atoms with Crippen LogP contribution in [0.15, 0.2) is 0 Å². The number of thioether (sulfide) groups is 1. The van der Waals surface area contributed by atoms with Crippen molar-refractivity contribution < 1.29 is 19.1 Å². The van der Waals surface area contributed by atoms with E-state index in [1.54, 1.807) is 11.8 Å². The molecule has 118 valence electrons. The molecule has 5 heteroatoms. The smallest absolute Gasteiger partial charge is 0.313 e. The van der Waals surface area contributed by atoms with Gasteiger partial charge in [0, 0.05) is 5.25 Å². The highest BCUT2D eigenvalue weighted by Crippen LogP contribution is 2.68. The van der Waals surface area contributed by atoms with Gasteiger partial charge in [-0.2, -0.15) is 0 Å². The van der Waals surface area contributed by atoms with Crippen molar-refractivity contribution in [2.24, 2.45) is 29.1 Å². The molecule has 0 spiro atoms. The maximum absolute atomic E-state index is 12.5. The molecule has 0 saturated carbocycles. The van der Waals surface area contributed by atoms with Gasteiger partial charge in [-0.25, -0.2) is 0 Å². The molecule has 3 aliphatic heterocycles. The van der Waals surface area contributed by atoms with Crippen LogP contribution in [0, 0.1) is 29.1 Å². The number of rotatable bonds is 4. The summed E-state index contributed by atoms with van der Waals surface area (Å²) in [5, 5.41) is 0.259. The average molecular weight is 312 g/mol. The van der Waals surface area contributed by atoms with Crippen LogP contribution in [0.2, 0.25) is 0 Å². The summed E-state index contributed by atoms with van der Waals surface area (Å²) in [6.45, 7) is 10.8. The summed E-state index contributed by atoms with van der Waals surface area (Å²) in [6, 6.07) is 0. The molecular weight excluding hydrogens is 288 g/mol. The molecule has 3 saturated heterocycles. The van der Waals surface area contributed by atoms with Gasteiger partial charge < -0.3 is 9.47 Å². The number of fused-ring (bicyclic) bond motifs is 1. The van der Waals surface area contributed by atoms with E-state index in [1.807, 2.05) is 20.8 Å². The van der Waals surface area contributed by atoms with Crippen molar-refractivity contribution in [3.05, 3.63) is 0 Å². The molecule has 21 heavy (non-hydrogen) atoms. The summed E-state index contributed by atoms with van der Waals surface area (Å²) in [4.78, 5) is 24.9. The number of esters is 2. The summed E-state index contributed by atoms with van der Waals surface area (Å²) >= 11 is 1.77. The van der Waals surface area contributed by atoms with Crippen LogP contribution in [-0.4, -0.2) is 35.1 Å². The Morgan fingerprint density at radius 3 is 2.62 bits per heavy atom. The zero-order valence-corrected chi connectivity index (χ0v) is 14.1. The van der Waals surface area contributed by atoms with Gasteiger partial charge in [0.2, 0.25) is 0 Å². The summed E-state index contributed by atoms with van der Waals surface area (Å²) < 4.78 is 11.0. The third-order valence-electron chi connectivity index (χ3n) is 5.18. The first-order chi connectivity index (χ1) is 9.78. The first-order valence-corrected chi connectivity index (χ1v) is 8.76. The first-order valence-electron chi connectivity index (χ1n) is 7.81. The number of carbonyl (C=O) groups is 2. The van der Waals surface area contributed by atoms with Crippen LogP contribution in [0.3, 0.4) is 0 Å². The predicted molar refractivity (Wildman–Crippen MR) is 80.8 cm³/mol. The maximum atomic E-state index is 12.5. The second kappa shape index (κ2) is 4.90. The molecule has 4 nitrogen and oxygen atoms in total. The fourth-order valence-corrected chi connectivity index (χ4v) is 6.81. The Bertz CT molecular complexity index is 475. The summed E-state index contributed by atoms with van der Waals surface area (Å²) in [5.41, 5.74) is -0.428. The van der Waals surface area contributed by atoms with E-state index in [4.69, 9.17) is 9.47 Å². The molecule has 0 aliphatic carbocycles. The van der Waals surface area contributed by atoms with Crippen LogP contribution in [0.1, 0.15) is 34.6 Å². The Kier molecular flexibility index (Phi) is 3.55. The fraction of sp³-hybridized carbons (Fsp3) is 0.875. The summed E-state index contributed by atoms with van der Waals surface area (Å²) in [5.74, 6) is 0.268. The highest BCUT2D eigenvalue weighted by molar-refractivity contribution is 8.01. The molecule has 0 aromatic rings. The van der Waals surface area contributed by atoms with Gasteiger partial charge in [0.25, 0.3) is 0 Å². The van der Waals surface area contributed by atoms with Gasteiger partial charge >= 0.3 is 11.9 Å². The van der Waals surface area contributed by atoms with Crippen molar-refractivity contribution in [1.82, 2.24) is 0 Å². The molecule has 2 bridgehead atoms. The topological polar surface area (TPSA) is 52.6 Å². The van der Waals surface area contributed by atoms with E-state index in [1.165, 1.54) is 0 Å². The van der Waals surface area contributed by atoms with Crippen molar-refractivity contribution in [1.29, 1.82) is 0 Å². The predicted octanol–water partition coefficient (Wildman–Crippen LogP) is 2.50. The Morgan fingerprint density at radius 1 is 1.38 bits per heavy atom. The van der Waals surface area contributed by atoms with Gasteiger partial charge in [0.1, 0.15) is 12.0 Å². The highest BCUT2D eigenvalue weighted by Gasteiger charge is 2.75. The van der Waals surface area contributed by atoms with Crippen molar-refractivity contribution in [2.45, 2.75) is 51.2 Å². The lowest BCUT2D eigenvalue weighted by molar-refractivity contribution is -0.156. The zero-order valence-electron chi connectivity index (χ0n) is 13.3. The molecular formula is C16H24O4S. The Hall–Kier alpha value is -0.710. The van der Waals surface area contributed by atoms with E-state index in [2.05, 4.69) is 13.8 Å². The van der Waals surface area contributed by atoms with Crippen LogP contribution in [-0.2, 0) is 19.1 Å². The monoisotopic (exact) mass is 312 g/mol. The molecule has 0 amide bonds. The molecule has 3 rings (SSSR count). The SMILES string of the molecule is CC(C)COC(=O)C1C2OC(=O)C3(C)C2SC1C3C(C)C. The Balaban J connectivity index is 1.86. The van der Waals surface area contributed by atoms with Gasteiger partial charge in [-0.3, -0.25) is 9.59 Å². The highest BCUT2D eigenvalue weighted by atomic mass is 32.2. The first kappa shape index (κ1) is 15.2. The van der Waals surface area contributed by atoms with Crippen LogP contribution in [0.4, 0.5) is 0 Å². The molecule has 6 unspecified atom stereocenters. The minimum atomic E-state index is -0.428. The van der Waals surface area contributed by atoms with Crippen LogP contribution in [0.5, 0.6) is 0 Å². The quantitative estimate of drug-likeness (QED) is 0.747. The van der Waals surface area contributed by atoms with E-state index in [9.17, 15) is 9.59 Å². The standard InChI is InChI=1S/C16H24O4S/c1-7(2)6-19-14(17)9-11-13-16(5,15(18)20-11)10(8(3)4)12(9)21-13/h7-13H,6H2,1-5H3. The van der Waals surface area contributed by atoms with Gasteiger partial charge in [-0.15, -0.1) is 11.8 Å². The largest absolute Gasteiger partial charge is 0.465 e. The zero-order chi connectivity index (χ0) is 15.5. The van der Waals surface area contributed by atoms with Crippen LogP contribution < -0.4 is 0 Å². The second-order valence-corrected chi connectivity index (χ2v) is 8.82. The molecule has 3 fully saturated rings. The fourth-order valence-electron chi connectivity index (χ4n) is 4.35. The van der Waals surface area contributed by atoms with Crippen molar-refractivity contribution in [2.75, 3.05) is 6.61 Å². The lowest BCUT2D eigenvalue weighted by atomic mass is 9.61.